The van der Waals surface area contributed by atoms with Gasteiger partial charge in [-0.15, -0.1) is 24.8 Å². The molecule has 0 saturated heterocycles. The van der Waals surface area contributed by atoms with Gasteiger partial charge in [0.1, 0.15) is 4.90 Å². The minimum absolute atomic E-state index is 0. The summed E-state index contributed by atoms with van der Waals surface area (Å²) in [6.07, 6.45) is -0.354. The van der Waals surface area contributed by atoms with Crippen molar-refractivity contribution in [1.29, 1.82) is 0 Å². The fourth-order valence-electron chi connectivity index (χ4n) is 1.09. The summed E-state index contributed by atoms with van der Waals surface area (Å²) in [5.41, 5.74) is 0.497. The van der Waals surface area contributed by atoms with Crippen LogP contribution in [-0.2, 0) is 18.9 Å². The van der Waals surface area contributed by atoms with Crippen LogP contribution in [0.5, 0.6) is 0 Å². The first-order valence-electron chi connectivity index (χ1n) is 3.98. The van der Waals surface area contributed by atoms with E-state index in [-0.39, 0.29) is 41.1 Å². The quantitative estimate of drug-likeness (QED) is 0.624. The fraction of sp³-hybridized carbons (Fsp3) is 0.250. The van der Waals surface area contributed by atoms with Crippen molar-refractivity contribution in [2.75, 3.05) is 6.35 Å². The lowest BCUT2D eigenvalue weighted by atomic mass is 10.2. The van der Waals surface area contributed by atoms with Crippen molar-refractivity contribution < 1.29 is 17.2 Å². The SMILES string of the molecule is Cc1cccc(Cl)c1S(=O)(=O)OC[PH+]=O.Cl.Cl. The van der Waals surface area contributed by atoms with E-state index in [2.05, 4.69) is 4.18 Å². The lowest BCUT2D eigenvalue weighted by molar-refractivity contribution is 0.374. The Morgan fingerprint density at radius 2 is 1.94 bits per heavy atom. The predicted octanol–water partition coefficient (Wildman–Crippen LogP) is 3.18. The van der Waals surface area contributed by atoms with E-state index in [1.54, 1.807) is 19.1 Å². The van der Waals surface area contributed by atoms with Gasteiger partial charge in [-0.05, 0) is 18.6 Å². The van der Waals surface area contributed by atoms with Crippen LogP contribution < -0.4 is 0 Å². The molecule has 4 nitrogen and oxygen atoms in total. The second-order valence-corrected chi connectivity index (χ2v) is 5.28. The highest BCUT2D eigenvalue weighted by Crippen LogP contribution is 2.26. The van der Waals surface area contributed by atoms with Crippen molar-refractivity contribution in [2.24, 2.45) is 0 Å². The number of aryl methyl sites for hydroxylation is 1. The molecule has 1 aromatic rings. The number of halogens is 3. The Morgan fingerprint density at radius 1 is 1.35 bits per heavy atom. The lowest BCUT2D eigenvalue weighted by Gasteiger charge is -2.06. The maximum absolute atomic E-state index is 11.6. The highest BCUT2D eigenvalue weighted by molar-refractivity contribution is 7.87. The molecule has 1 atom stereocenters. The number of benzene rings is 1. The summed E-state index contributed by atoms with van der Waals surface area (Å²) in [4.78, 5) is -0.0649. The Labute approximate surface area is 119 Å². The molecule has 0 radical (unpaired) electrons. The lowest BCUT2D eigenvalue weighted by Crippen LogP contribution is -2.07. The average molecular weight is 341 g/mol. The largest absolute Gasteiger partial charge is 0.354 e. The molecule has 98 valence electrons. The number of hydrogen-bond acceptors (Lipinski definition) is 4. The normalized spacial score (nSPS) is 10.5. The minimum atomic E-state index is -3.91. The van der Waals surface area contributed by atoms with Crippen LogP contribution in [0, 0.1) is 6.92 Å². The van der Waals surface area contributed by atoms with E-state index >= 15 is 0 Å². The molecule has 1 rings (SSSR count). The van der Waals surface area contributed by atoms with Crippen LogP contribution in [0.2, 0.25) is 5.02 Å². The Hall–Kier alpha value is 0.1000. The van der Waals surface area contributed by atoms with Crippen LogP contribution in [0.15, 0.2) is 23.1 Å². The first kappa shape index (κ1) is 19.4. The van der Waals surface area contributed by atoms with Crippen molar-refractivity contribution in [3.05, 3.63) is 28.8 Å². The summed E-state index contributed by atoms with van der Waals surface area (Å²) in [6, 6.07) is 4.72. The van der Waals surface area contributed by atoms with Crippen LogP contribution in [0.3, 0.4) is 0 Å². The van der Waals surface area contributed by atoms with Gasteiger partial charge in [0.2, 0.25) is 0 Å². The maximum atomic E-state index is 11.6. The zero-order chi connectivity index (χ0) is 11.5. The van der Waals surface area contributed by atoms with Crippen LogP contribution >= 0.6 is 44.9 Å². The molecule has 0 aliphatic carbocycles. The van der Waals surface area contributed by atoms with Gasteiger partial charge in [0.15, 0.2) is 0 Å². The Morgan fingerprint density at radius 3 is 2.41 bits per heavy atom. The van der Waals surface area contributed by atoms with E-state index in [0.29, 0.717) is 5.56 Å². The monoisotopic (exact) mass is 339 g/mol. The van der Waals surface area contributed by atoms with E-state index in [0.717, 1.165) is 0 Å². The Balaban J connectivity index is 0. The number of hydrogen-bond donors (Lipinski definition) is 0. The van der Waals surface area contributed by atoms with E-state index in [9.17, 15) is 13.0 Å². The molecule has 0 heterocycles. The molecule has 0 spiro atoms. The second-order valence-electron chi connectivity index (χ2n) is 2.75. The summed E-state index contributed by atoms with van der Waals surface area (Å²) in [5.74, 6) is 0. The van der Waals surface area contributed by atoms with E-state index < -0.39 is 18.6 Å². The van der Waals surface area contributed by atoms with Crippen molar-refractivity contribution in [3.63, 3.8) is 0 Å². The molecule has 0 amide bonds. The van der Waals surface area contributed by atoms with Gasteiger partial charge in [-0.1, -0.05) is 28.3 Å². The molecule has 17 heavy (non-hydrogen) atoms. The second kappa shape index (κ2) is 8.25. The van der Waals surface area contributed by atoms with Gasteiger partial charge < -0.3 is 0 Å². The molecule has 0 saturated carbocycles. The summed E-state index contributed by atoms with van der Waals surface area (Å²) in [6.45, 7) is 1.61. The van der Waals surface area contributed by atoms with Crippen molar-refractivity contribution in [3.8, 4) is 0 Å². The van der Waals surface area contributed by atoms with Crippen molar-refractivity contribution in [1.82, 2.24) is 0 Å². The van der Waals surface area contributed by atoms with Gasteiger partial charge in [-0.2, -0.15) is 8.42 Å². The highest BCUT2D eigenvalue weighted by atomic mass is 35.5. The van der Waals surface area contributed by atoms with Gasteiger partial charge in [0.05, 0.1) is 5.02 Å². The van der Waals surface area contributed by atoms with Gasteiger partial charge in [-0.25, -0.2) is 4.18 Å². The van der Waals surface area contributed by atoms with Gasteiger partial charge >= 0.3 is 18.6 Å². The Kier molecular flexibility index (Phi) is 9.43. The molecule has 0 fully saturated rings. The summed E-state index contributed by atoms with van der Waals surface area (Å²) in [7, 11) is -4.73. The maximum Gasteiger partial charge on any atom is 0.354 e. The van der Waals surface area contributed by atoms with Crippen LogP contribution in [0.25, 0.3) is 0 Å². The first-order chi connectivity index (χ1) is 6.99. The van der Waals surface area contributed by atoms with Crippen molar-refractivity contribution >= 4 is 55.0 Å². The third kappa shape index (κ3) is 5.08. The molecule has 0 bridgehead atoms. The molecule has 9 heteroatoms. The Bertz CT molecular complexity index is 457. The molecule has 0 aliphatic rings. The molecule has 0 aliphatic heterocycles. The third-order valence-electron chi connectivity index (χ3n) is 1.69. The molecule has 1 aromatic carbocycles. The van der Waals surface area contributed by atoms with E-state index in [4.69, 9.17) is 11.6 Å². The van der Waals surface area contributed by atoms with E-state index in [1.165, 1.54) is 6.07 Å². The third-order valence-corrected chi connectivity index (χ3v) is 4.06. The van der Waals surface area contributed by atoms with Gasteiger partial charge in [-0.3, -0.25) is 0 Å². The van der Waals surface area contributed by atoms with Crippen molar-refractivity contribution in [2.45, 2.75) is 11.8 Å². The first-order valence-corrected chi connectivity index (χ1v) is 6.89. The van der Waals surface area contributed by atoms with Crippen LogP contribution in [-0.4, -0.2) is 14.8 Å². The molecular weight excluding hydrogens is 329 g/mol. The molecule has 1 unspecified atom stereocenters. The molecule has 0 N–H and O–H groups in total. The van der Waals surface area contributed by atoms with Gasteiger partial charge in [0, 0.05) is 0 Å². The predicted molar refractivity (Wildman–Crippen MR) is 72.8 cm³/mol. The highest BCUT2D eigenvalue weighted by Gasteiger charge is 2.22. The number of rotatable bonds is 4. The summed E-state index contributed by atoms with van der Waals surface area (Å²) in [5, 5.41) is 0.101. The van der Waals surface area contributed by atoms with Crippen LogP contribution in [0.1, 0.15) is 5.56 Å². The smallest absolute Gasteiger partial charge is 0.217 e. The average Bonchev–Trinajstić information content (AvgIpc) is 2.14. The molecule has 0 aromatic heterocycles. The zero-order valence-electron chi connectivity index (χ0n) is 8.67. The van der Waals surface area contributed by atoms with Crippen LogP contribution in [0.4, 0.5) is 0 Å². The van der Waals surface area contributed by atoms with Gasteiger partial charge in [0.25, 0.3) is 6.35 Å². The summed E-state index contributed by atoms with van der Waals surface area (Å²) < 4.78 is 37.9. The van der Waals surface area contributed by atoms with E-state index in [1.807, 2.05) is 0 Å². The topological polar surface area (TPSA) is 60.4 Å². The standard InChI is InChI=1S/C8H8ClO4PS.2ClH/c1-6-3-2-4-7(9)8(6)15(11,12)13-5-14-10;;/h2-4H,5H2,1H3;2*1H/p+1. The molecular formula is C8H11Cl3O4PS+. The zero-order valence-corrected chi connectivity index (χ0v) is 12.9. The minimum Gasteiger partial charge on any atom is -0.217 e. The fourth-order valence-corrected chi connectivity index (χ4v) is 3.30. The summed E-state index contributed by atoms with van der Waals surface area (Å²) >= 11 is 5.76.